The Morgan fingerprint density at radius 1 is 1.15 bits per heavy atom. The number of nitrogens with two attached hydrogens (primary N) is 1. The molecule has 0 radical (unpaired) electrons. The summed E-state index contributed by atoms with van der Waals surface area (Å²) in [5.41, 5.74) is 11.8. The fourth-order valence-corrected chi connectivity index (χ4v) is 3.04. The minimum atomic E-state index is -0.590. The Labute approximate surface area is 156 Å². The molecular formula is C21H18N4O2. The number of nitrogens with one attached hydrogen (secondary N) is 2. The summed E-state index contributed by atoms with van der Waals surface area (Å²) >= 11 is 0. The SMILES string of the molecule is COc1ccc(-c2c[nH]c(C=C3C=Nc4ccc(NC(N)=O)cc43)c2)cc1. The van der Waals surface area contributed by atoms with Gasteiger partial charge in [-0.2, -0.15) is 0 Å². The zero-order valence-corrected chi connectivity index (χ0v) is 14.7. The van der Waals surface area contributed by atoms with E-state index >= 15 is 0 Å². The van der Waals surface area contributed by atoms with Gasteiger partial charge in [-0.25, -0.2) is 4.79 Å². The van der Waals surface area contributed by atoms with E-state index in [2.05, 4.69) is 21.4 Å². The van der Waals surface area contributed by atoms with Crippen LogP contribution in [0.5, 0.6) is 5.75 Å². The van der Waals surface area contributed by atoms with Gasteiger partial charge < -0.3 is 20.8 Å². The predicted molar refractivity (Wildman–Crippen MR) is 108 cm³/mol. The van der Waals surface area contributed by atoms with E-state index in [1.165, 1.54) is 0 Å². The second-order valence-corrected chi connectivity index (χ2v) is 6.15. The third-order valence-corrected chi connectivity index (χ3v) is 4.36. The number of benzene rings is 2. The number of primary amides is 1. The van der Waals surface area contributed by atoms with Gasteiger partial charge in [0.05, 0.1) is 12.8 Å². The summed E-state index contributed by atoms with van der Waals surface area (Å²) < 4.78 is 5.20. The van der Waals surface area contributed by atoms with Gasteiger partial charge in [-0.3, -0.25) is 4.99 Å². The maximum atomic E-state index is 11.1. The Kier molecular flexibility index (Phi) is 4.22. The number of H-pyrrole nitrogens is 1. The number of carbonyl (C=O) groups excluding carboxylic acids is 1. The molecule has 2 heterocycles. The average Bonchev–Trinajstić information content (AvgIpc) is 3.29. The van der Waals surface area contributed by atoms with Crippen LogP contribution in [0.2, 0.25) is 0 Å². The molecule has 0 unspecified atom stereocenters. The fraction of sp³-hybridized carbons (Fsp3) is 0.0476. The number of fused-ring (bicyclic) bond motifs is 1. The highest BCUT2D eigenvalue weighted by molar-refractivity contribution is 6.21. The molecule has 0 spiro atoms. The van der Waals surface area contributed by atoms with Gasteiger partial charge in [0.1, 0.15) is 5.75 Å². The molecule has 6 nitrogen and oxygen atoms in total. The summed E-state index contributed by atoms with van der Waals surface area (Å²) in [6, 6.07) is 14.9. The van der Waals surface area contributed by atoms with Crippen molar-refractivity contribution in [3.05, 3.63) is 66.0 Å². The molecule has 0 bridgehead atoms. The molecule has 2 amide bonds. The lowest BCUT2D eigenvalue weighted by molar-refractivity contribution is 0.259. The zero-order chi connectivity index (χ0) is 18.8. The topological polar surface area (TPSA) is 92.5 Å². The van der Waals surface area contributed by atoms with E-state index in [9.17, 15) is 4.79 Å². The molecule has 6 heteroatoms. The predicted octanol–water partition coefficient (Wildman–Crippen LogP) is 4.44. The fourth-order valence-electron chi connectivity index (χ4n) is 3.04. The molecule has 0 aliphatic carbocycles. The Balaban J connectivity index is 1.61. The van der Waals surface area contributed by atoms with Crippen LogP contribution in [0.4, 0.5) is 16.2 Å². The standard InChI is InChI=1S/C21H18N4O2/c1-27-18-5-2-13(3-6-18)14-8-17(23-11-14)9-15-12-24-20-7-4-16(10-19(15)20)25-21(22)26/h2-12,23H,1H3,(H3,22,25,26). The smallest absolute Gasteiger partial charge is 0.316 e. The van der Waals surface area contributed by atoms with Crippen molar-refractivity contribution in [1.82, 2.24) is 4.98 Å². The van der Waals surface area contributed by atoms with Crippen LogP contribution in [0.3, 0.4) is 0 Å². The van der Waals surface area contributed by atoms with Gasteiger partial charge in [0.2, 0.25) is 0 Å². The van der Waals surface area contributed by atoms with Crippen molar-refractivity contribution >= 4 is 35.3 Å². The zero-order valence-electron chi connectivity index (χ0n) is 14.7. The molecule has 0 saturated carbocycles. The molecule has 134 valence electrons. The van der Waals surface area contributed by atoms with Crippen molar-refractivity contribution in [2.75, 3.05) is 12.4 Å². The molecule has 1 aromatic heterocycles. The quantitative estimate of drug-likeness (QED) is 0.643. The number of amides is 2. The highest BCUT2D eigenvalue weighted by Gasteiger charge is 2.14. The highest BCUT2D eigenvalue weighted by atomic mass is 16.5. The Bertz CT molecular complexity index is 1060. The lowest BCUT2D eigenvalue weighted by atomic mass is 10.0. The van der Waals surface area contributed by atoms with Crippen molar-refractivity contribution in [2.45, 2.75) is 0 Å². The van der Waals surface area contributed by atoms with Crippen LogP contribution in [-0.4, -0.2) is 24.3 Å². The Morgan fingerprint density at radius 3 is 2.70 bits per heavy atom. The van der Waals surface area contributed by atoms with Crippen LogP contribution in [-0.2, 0) is 0 Å². The molecule has 3 aromatic rings. The van der Waals surface area contributed by atoms with Gasteiger partial charge in [0, 0.05) is 34.9 Å². The first-order chi connectivity index (χ1) is 13.1. The third kappa shape index (κ3) is 3.46. The number of urea groups is 1. The van der Waals surface area contributed by atoms with E-state index < -0.39 is 6.03 Å². The molecule has 2 aromatic carbocycles. The van der Waals surface area contributed by atoms with Gasteiger partial charge in [-0.05, 0) is 53.6 Å². The number of aromatic nitrogens is 1. The second kappa shape index (κ2) is 6.84. The molecular weight excluding hydrogens is 340 g/mol. The summed E-state index contributed by atoms with van der Waals surface area (Å²) in [5, 5.41) is 2.59. The number of anilines is 1. The average molecular weight is 358 g/mol. The first-order valence-corrected chi connectivity index (χ1v) is 8.42. The van der Waals surface area contributed by atoms with Crippen LogP contribution in [0.1, 0.15) is 11.3 Å². The van der Waals surface area contributed by atoms with Gasteiger partial charge in [0.15, 0.2) is 0 Å². The summed E-state index contributed by atoms with van der Waals surface area (Å²) in [5.74, 6) is 0.829. The second-order valence-electron chi connectivity index (χ2n) is 6.15. The molecule has 4 rings (SSSR count). The number of ether oxygens (including phenoxy) is 1. The lowest BCUT2D eigenvalue weighted by Gasteiger charge is -2.05. The number of hydrogen-bond donors (Lipinski definition) is 3. The number of aromatic amines is 1. The highest BCUT2D eigenvalue weighted by Crippen LogP contribution is 2.35. The minimum Gasteiger partial charge on any atom is -0.497 e. The van der Waals surface area contributed by atoms with Crippen molar-refractivity contribution in [1.29, 1.82) is 0 Å². The number of allylic oxidation sites excluding steroid dienone is 1. The Hall–Kier alpha value is -3.80. The summed E-state index contributed by atoms with van der Waals surface area (Å²) in [7, 11) is 1.65. The monoisotopic (exact) mass is 358 g/mol. The van der Waals surface area contributed by atoms with E-state index in [1.54, 1.807) is 13.2 Å². The summed E-state index contributed by atoms with van der Waals surface area (Å²) in [6.45, 7) is 0. The van der Waals surface area contributed by atoms with Crippen LogP contribution in [0, 0.1) is 0 Å². The molecule has 0 fully saturated rings. The lowest BCUT2D eigenvalue weighted by Crippen LogP contribution is -2.19. The maximum Gasteiger partial charge on any atom is 0.316 e. The van der Waals surface area contributed by atoms with Gasteiger partial charge in [0.25, 0.3) is 0 Å². The van der Waals surface area contributed by atoms with Crippen LogP contribution in [0.15, 0.2) is 59.7 Å². The number of hydrogen-bond acceptors (Lipinski definition) is 3. The van der Waals surface area contributed by atoms with E-state index in [0.29, 0.717) is 5.69 Å². The molecule has 4 N–H and O–H groups in total. The van der Waals surface area contributed by atoms with Crippen molar-refractivity contribution in [3.8, 4) is 16.9 Å². The van der Waals surface area contributed by atoms with Crippen LogP contribution >= 0.6 is 0 Å². The van der Waals surface area contributed by atoms with E-state index in [-0.39, 0.29) is 0 Å². The van der Waals surface area contributed by atoms with Crippen LogP contribution < -0.4 is 15.8 Å². The Morgan fingerprint density at radius 2 is 1.96 bits per heavy atom. The van der Waals surface area contributed by atoms with Gasteiger partial charge in [-0.1, -0.05) is 12.1 Å². The number of methoxy groups -OCH3 is 1. The minimum absolute atomic E-state index is 0.590. The van der Waals surface area contributed by atoms with Gasteiger partial charge >= 0.3 is 6.03 Å². The van der Waals surface area contributed by atoms with E-state index in [1.807, 2.05) is 54.9 Å². The largest absolute Gasteiger partial charge is 0.497 e. The van der Waals surface area contributed by atoms with E-state index in [4.69, 9.17) is 10.5 Å². The molecule has 27 heavy (non-hydrogen) atoms. The van der Waals surface area contributed by atoms with Crippen LogP contribution in [0.25, 0.3) is 22.8 Å². The van der Waals surface area contributed by atoms with Crippen molar-refractivity contribution in [2.24, 2.45) is 10.7 Å². The van der Waals surface area contributed by atoms with Crippen molar-refractivity contribution in [3.63, 3.8) is 0 Å². The third-order valence-electron chi connectivity index (χ3n) is 4.36. The maximum absolute atomic E-state index is 11.1. The van der Waals surface area contributed by atoms with Gasteiger partial charge in [-0.15, -0.1) is 0 Å². The number of carbonyl (C=O) groups is 1. The number of aliphatic imine (C=N–C) groups is 1. The molecule has 0 saturated heterocycles. The summed E-state index contributed by atoms with van der Waals surface area (Å²) in [6.07, 6.45) is 5.80. The van der Waals surface area contributed by atoms with Crippen molar-refractivity contribution < 1.29 is 9.53 Å². The first-order valence-electron chi connectivity index (χ1n) is 8.42. The number of rotatable bonds is 4. The normalized spacial score (nSPS) is 13.6. The molecule has 1 aliphatic rings. The molecule has 0 atom stereocenters. The number of nitrogens with zero attached hydrogens (tertiary/aromatic N) is 1. The summed E-state index contributed by atoms with van der Waals surface area (Å²) in [4.78, 5) is 18.8. The first kappa shape index (κ1) is 16.7. The van der Waals surface area contributed by atoms with E-state index in [0.717, 1.165) is 39.4 Å². The molecule has 1 aliphatic heterocycles.